The van der Waals surface area contributed by atoms with Gasteiger partial charge in [-0.25, -0.2) is 0 Å². The Bertz CT molecular complexity index is 843. The van der Waals surface area contributed by atoms with Crippen molar-refractivity contribution in [2.24, 2.45) is 4.99 Å². The number of carbonyl (C=O) groups excluding carboxylic acids is 3. The summed E-state index contributed by atoms with van der Waals surface area (Å²) in [6, 6.07) is 6.94. The van der Waals surface area contributed by atoms with Crippen molar-refractivity contribution in [2.75, 3.05) is 51.6 Å². The molecule has 30 heavy (non-hydrogen) atoms. The molecule has 8 nitrogen and oxygen atoms in total. The van der Waals surface area contributed by atoms with E-state index in [4.69, 9.17) is 0 Å². The number of anilines is 1. The highest BCUT2D eigenvalue weighted by molar-refractivity contribution is 8.15. The molecule has 0 spiro atoms. The normalized spacial score (nSPS) is 22.4. The number of amides is 3. The predicted molar refractivity (Wildman–Crippen MR) is 118 cm³/mol. The highest BCUT2D eigenvalue weighted by Gasteiger charge is 2.33. The van der Waals surface area contributed by atoms with Crippen LogP contribution in [0.2, 0.25) is 0 Å². The van der Waals surface area contributed by atoms with E-state index in [2.05, 4.69) is 27.2 Å². The fraction of sp³-hybridized carbons (Fsp3) is 0.524. The van der Waals surface area contributed by atoms with Gasteiger partial charge in [0.05, 0.1) is 0 Å². The lowest BCUT2D eigenvalue weighted by Gasteiger charge is -2.32. The van der Waals surface area contributed by atoms with E-state index < -0.39 is 5.25 Å². The Hall–Kier alpha value is -2.39. The van der Waals surface area contributed by atoms with Gasteiger partial charge in [-0.3, -0.25) is 14.4 Å². The lowest BCUT2D eigenvalue weighted by atomic mass is 10.1. The average Bonchev–Trinajstić information content (AvgIpc) is 3.39. The van der Waals surface area contributed by atoms with E-state index in [1.54, 1.807) is 24.3 Å². The monoisotopic (exact) mass is 429 g/mol. The summed E-state index contributed by atoms with van der Waals surface area (Å²) in [4.78, 5) is 47.5. The van der Waals surface area contributed by atoms with Crippen molar-refractivity contribution in [2.45, 2.75) is 24.5 Å². The zero-order valence-corrected chi connectivity index (χ0v) is 18.0. The molecule has 3 aliphatic heterocycles. The molecular weight excluding hydrogens is 402 g/mol. The molecule has 0 bridgehead atoms. The Kier molecular flexibility index (Phi) is 6.38. The van der Waals surface area contributed by atoms with Gasteiger partial charge in [-0.05, 0) is 44.2 Å². The van der Waals surface area contributed by atoms with Gasteiger partial charge >= 0.3 is 0 Å². The van der Waals surface area contributed by atoms with Gasteiger partial charge in [-0.15, -0.1) is 0 Å². The maximum atomic E-state index is 12.6. The van der Waals surface area contributed by atoms with Crippen molar-refractivity contribution in [1.29, 1.82) is 0 Å². The number of carbonyl (C=O) groups is 3. The van der Waals surface area contributed by atoms with E-state index in [-0.39, 0.29) is 24.1 Å². The number of piperazine rings is 1. The zero-order valence-electron chi connectivity index (χ0n) is 17.2. The molecule has 2 fully saturated rings. The van der Waals surface area contributed by atoms with Gasteiger partial charge in [0.25, 0.3) is 11.8 Å². The van der Waals surface area contributed by atoms with Crippen molar-refractivity contribution < 1.29 is 14.4 Å². The van der Waals surface area contributed by atoms with E-state index in [0.29, 0.717) is 11.3 Å². The minimum atomic E-state index is -0.460. The molecule has 0 aromatic heterocycles. The molecule has 3 amide bonds. The van der Waals surface area contributed by atoms with Crippen LogP contribution in [0.5, 0.6) is 0 Å². The number of thioether (sulfide) groups is 1. The molecule has 0 saturated carbocycles. The lowest BCUT2D eigenvalue weighted by Crippen LogP contribution is -2.47. The minimum absolute atomic E-state index is 0.0144. The number of nitrogens with one attached hydrogen (secondary N) is 1. The van der Waals surface area contributed by atoms with Crippen LogP contribution in [0.25, 0.3) is 0 Å². The van der Waals surface area contributed by atoms with Crippen molar-refractivity contribution >= 4 is 40.3 Å². The zero-order chi connectivity index (χ0) is 21.1. The maximum absolute atomic E-state index is 12.6. The number of aliphatic imine (C=N–C) groups is 1. The van der Waals surface area contributed by atoms with Crippen molar-refractivity contribution in [3.63, 3.8) is 0 Å². The summed E-state index contributed by atoms with van der Waals surface area (Å²) in [5, 5.41) is 3.12. The number of benzene rings is 1. The molecule has 0 unspecified atom stereocenters. The fourth-order valence-corrected chi connectivity index (χ4v) is 4.94. The van der Waals surface area contributed by atoms with Crippen LogP contribution in [0.1, 0.15) is 29.6 Å². The highest BCUT2D eigenvalue weighted by Crippen LogP contribution is 2.29. The number of likely N-dealkylation sites (N-methyl/N-ethyl adjacent to an activating group) is 1. The Labute approximate surface area is 180 Å². The third-order valence-electron chi connectivity index (χ3n) is 5.68. The molecule has 4 rings (SSSR count). The summed E-state index contributed by atoms with van der Waals surface area (Å²) in [6.07, 6.45) is 2.32. The molecule has 9 heteroatoms. The van der Waals surface area contributed by atoms with Crippen molar-refractivity contribution in [3.8, 4) is 0 Å². The van der Waals surface area contributed by atoms with E-state index in [1.807, 2.05) is 4.90 Å². The minimum Gasteiger partial charge on any atom is -0.351 e. The van der Waals surface area contributed by atoms with Crippen LogP contribution in [-0.2, 0) is 9.59 Å². The van der Waals surface area contributed by atoms with Gasteiger partial charge in [-0.1, -0.05) is 11.8 Å². The first kappa shape index (κ1) is 20.9. The predicted octanol–water partition coefficient (Wildman–Crippen LogP) is 1.50. The number of hydrogen-bond donors (Lipinski definition) is 1. The topological polar surface area (TPSA) is 85.3 Å². The van der Waals surface area contributed by atoms with Crippen molar-refractivity contribution in [3.05, 3.63) is 29.8 Å². The lowest BCUT2D eigenvalue weighted by molar-refractivity contribution is -0.121. The second-order valence-electron chi connectivity index (χ2n) is 7.96. The van der Waals surface area contributed by atoms with Gasteiger partial charge in [0.15, 0.2) is 5.17 Å². The van der Waals surface area contributed by atoms with Crippen LogP contribution in [0.4, 0.5) is 5.69 Å². The largest absolute Gasteiger partial charge is 0.351 e. The first-order valence-electron chi connectivity index (χ1n) is 10.4. The van der Waals surface area contributed by atoms with Crippen LogP contribution >= 0.6 is 11.8 Å². The van der Waals surface area contributed by atoms with Gasteiger partial charge < -0.3 is 20.0 Å². The SMILES string of the molecule is CN1CCN(C(=O)c2ccc(NC(=O)C[C@@H]3SC(N4CCCC4)=NC3=O)cc2)CC1. The maximum Gasteiger partial charge on any atom is 0.262 e. The van der Waals surface area contributed by atoms with E-state index in [0.717, 1.165) is 57.3 Å². The van der Waals surface area contributed by atoms with Gasteiger partial charge in [0.2, 0.25) is 5.91 Å². The molecule has 1 aromatic rings. The highest BCUT2D eigenvalue weighted by atomic mass is 32.2. The molecule has 0 aliphatic carbocycles. The molecule has 2 saturated heterocycles. The first-order valence-corrected chi connectivity index (χ1v) is 11.3. The number of hydrogen-bond acceptors (Lipinski definition) is 6. The summed E-state index contributed by atoms with van der Waals surface area (Å²) in [7, 11) is 2.05. The second-order valence-corrected chi connectivity index (χ2v) is 9.13. The molecule has 160 valence electrons. The Balaban J connectivity index is 1.28. The number of nitrogens with zero attached hydrogens (tertiary/aromatic N) is 4. The van der Waals surface area contributed by atoms with E-state index in [9.17, 15) is 14.4 Å². The first-order chi connectivity index (χ1) is 14.5. The molecule has 3 heterocycles. The number of likely N-dealkylation sites (tertiary alicyclic amines) is 1. The standard InChI is InChI=1S/C21H27N5O3S/c1-24-10-12-25(13-11-24)20(29)15-4-6-16(7-5-15)22-18(27)14-17-19(28)23-21(30-17)26-8-2-3-9-26/h4-7,17H,2-3,8-14H2,1H3,(H,22,27)/t17-/m0/s1. The summed E-state index contributed by atoms with van der Waals surface area (Å²) in [5.41, 5.74) is 1.23. The molecule has 1 N–H and O–H groups in total. The Morgan fingerprint density at radius 3 is 2.40 bits per heavy atom. The summed E-state index contributed by atoms with van der Waals surface area (Å²) < 4.78 is 0. The Morgan fingerprint density at radius 1 is 1.07 bits per heavy atom. The third-order valence-corrected chi connectivity index (χ3v) is 6.90. The van der Waals surface area contributed by atoms with Gasteiger partial charge in [0.1, 0.15) is 5.25 Å². The fourth-order valence-electron chi connectivity index (χ4n) is 3.82. The molecule has 1 aromatic carbocycles. The molecular formula is C21H27N5O3S. The van der Waals surface area contributed by atoms with E-state index in [1.165, 1.54) is 11.8 Å². The summed E-state index contributed by atoms with van der Waals surface area (Å²) >= 11 is 1.39. The van der Waals surface area contributed by atoms with Crippen LogP contribution < -0.4 is 5.32 Å². The molecule has 1 atom stereocenters. The summed E-state index contributed by atoms with van der Waals surface area (Å²) in [6.45, 7) is 5.06. The van der Waals surface area contributed by atoms with Crippen LogP contribution in [-0.4, -0.2) is 89.2 Å². The number of rotatable bonds is 4. The quantitative estimate of drug-likeness (QED) is 0.781. The smallest absolute Gasteiger partial charge is 0.262 e. The van der Waals surface area contributed by atoms with Crippen LogP contribution in [0, 0.1) is 0 Å². The average molecular weight is 430 g/mol. The van der Waals surface area contributed by atoms with E-state index >= 15 is 0 Å². The summed E-state index contributed by atoms with van der Waals surface area (Å²) in [5.74, 6) is -0.442. The second kappa shape index (κ2) is 9.18. The Morgan fingerprint density at radius 2 is 1.73 bits per heavy atom. The van der Waals surface area contributed by atoms with Gasteiger partial charge in [-0.2, -0.15) is 4.99 Å². The molecule has 0 radical (unpaired) electrons. The third kappa shape index (κ3) is 4.84. The number of amidine groups is 1. The van der Waals surface area contributed by atoms with Crippen LogP contribution in [0.15, 0.2) is 29.3 Å². The van der Waals surface area contributed by atoms with Crippen molar-refractivity contribution in [1.82, 2.24) is 14.7 Å². The van der Waals surface area contributed by atoms with Gasteiger partial charge in [0, 0.05) is 56.9 Å². The van der Waals surface area contributed by atoms with Crippen LogP contribution in [0.3, 0.4) is 0 Å². The molecule has 3 aliphatic rings.